The van der Waals surface area contributed by atoms with E-state index in [0.29, 0.717) is 35.8 Å². The molecule has 2 aromatic carbocycles. The van der Waals surface area contributed by atoms with Crippen molar-refractivity contribution in [3.63, 3.8) is 0 Å². The molecule has 2 aromatic rings. The number of para-hydroxylation sites is 1. The van der Waals surface area contributed by atoms with Crippen molar-refractivity contribution >= 4 is 23.4 Å². The molecule has 2 N–H and O–H groups in total. The lowest BCUT2D eigenvalue weighted by atomic mass is 9.98. The summed E-state index contributed by atoms with van der Waals surface area (Å²) in [5.74, 6) is 0.626. The Balaban J connectivity index is 1.40. The average molecular weight is 423 g/mol. The molecule has 2 aliphatic rings. The van der Waals surface area contributed by atoms with Gasteiger partial charge in [-0.05, 0) is 48.2 Å². The largest absolute Gasteiger partial charge is 0.493 e. The van der Waals surface area contributed by atoms with Crippen LogP contribution >= 0.6 is 0 Å². The first-order valence-electron chi connectivity index (χ1n) is 10.2. The summed E-state index contributed by atoms with van der Waals surface area (Å²) in [5, 5.41) is 5.50. The molecule has 0 bridgehead atoms. The molecule has 4 rings (SSSR count). The van der Waals surface area contributed by atoms with E-state index < -0.39 is 6.04 Å². The number of amides is 3. The second-order valence-corrected chi connectivity index (χ2v) is 7.64. The van der Waals surface area contributed by atoms with Crippen LogP contribution in [0.4, 0.5) is 5.69 Å². The van der Waals surface area contributed by atoms with Gasteiger partial charge in [-0.25, -0.2) is 0 Å². The van der Waals surface area contributed by atoms with Gasteiger partial charge in [0, 0.05) is 19.5 Å². The van der Waals surface area contributed by atoms with Gasteiger partial charge in [0.15, 0.2) is 11.5 Å². The Morgan fingerprint density at radius 2 is 1.81 bits per heavy atom. The molecular weight excluding hydrogens is 398 g/mol. The van der Waals surface area contributed by atoms with E-state index in [0.717, 1.165) is 17.5 Å². The minimum atomic E-state index is -0.759. The summed E-state index contributed by atoms with van der Waals surface area (Å²) in [5.41, 5.74) is 3.06. The van der Waals surface area contributed by atoms with Gasteiger partial charge in [0.2, 0.25) is 11.8 Å². The topological polar surface area (TPSA) is 97.0 Å². The van der Waals surface area contributed by atoms with Crippen molar-refractivity contribution in [3.05, 3.63) is 53.1 Å². The average Bonchev–Trinajstić information content (AvgIpc) is 2.91. The number of nitrogens with zero attached hydrogens (tertiary/aromatic N) is 1. The maximum absolute atomic E-state index is 12.8. The summed E-state index contributed by atoms with van der Waals surface area (Å²) < 4.78 is 10.7. The van der Waals surface area contributed by atoms with Gasteiger partial charge in [-0.15, -0.1) is 0 Å². The van der Waals surface area contributed by atoms with Crippen molar-refractivity contribution in [1.82, 2.24) is 10.2 Å². The molecule has 2 aliphatic heterocycles. The minimum Gasteiger partial charge on any atom is -0.493 e. The lowest BCUT2D eigenvalue weighted by molar-refractivity contribution is -0.132. The van der Waals surface area contributed by atoms with Crippen molar-refractivity contribution in [1.29, 1.82) is 0 Å². The van der Waals surface area contributed by atoms with E-state index in [2.05, 4.69) is 10.6 Å². The smallest absolute Gasteiger partial charge is 0.254 e. The number of fused-ring (bicyclic) bond motifs is 2. The molecule has 0 fully saturated rings. The molecule has 1 atom stereocenters. The molecule has 0 saturated heterocycles. The van der Waals surface area contributed by atoms with Crippen molar-refractivity contribution in [3.8, 4) is 11.5 Å². The summed E-state index contributed by atoms with van der Waals surface area (Å²) in [6.45, 7) is 1.07. The van der Waals surface area contributed by atoms with Crippen molar-refractivity contribution in [2.45, 2.75) is 31.8 Å². The molecule has 0 unspecified atom stereocenters. The quantitative estimate of drug-likeness (QED) is 0.768. The number of carbonyl (C=O) groups is 3. The van der Waals surface area contributed by atoms with Crippen LogP contribution < -0.4 is 20.1 Å². The first-order valence-corrected chi connectivity index (χ1v) is 10.2. The van der Waals surface area contributed by atoms with E-state index >= 15 is 0 Å². The maximum atomic E-state index is 12.8. The van der Waals surface area contributed by atoms with Gasteiger partial charge < -0.3 is 25.0 Å². The molecule has 0 aromatic heterocycles. The van der Waals surface area contributed by atoms with Crippen LogP contribution in [-0.4, -0.2) is 49.4 Å². The number of hydrogen-bond acceptors (Lipinski definition) is 5. The van der Waals surface area contributed by atoms with Crippen LogP contribution in [0.15, 0.2) is 36.4 Å². The fraction of sp³-hybridized carbons (Fsp3) is 0.348. The number of nitrogens with one attached hydrogen (secondary N) is 2. The second-order valence-electron chi connectivity index (χ2n) is 7.64. The predicted octanol–water partition coefficient (Wildman–Crippen LogP) is 2.12. The zero-order valence-corrected chi connectivity index (χ0v) is 17.6. The minimum absolute atomic E-state index is 0.0516. The van der Waals surface area contributed by atoms with E-state index in [-0.39, 0.29) is 30.6 Å². The monoisotopic (exact) mass is 423 g/mol. The van der Waals surface area contributed by atoms with Crippen molar-refractivity contribution in [2.75, 3.05) is 26.1 Å². The Bertz CT molecular complexity index is 1040. The van der Waals surface area contributed by atoms with Crippen LogP contribution in [0.3, 0.4) is 0 Å². The van der Waals surface area contributed by atoms with Crippen LogP contribution in [-0.2, 0) is 22.6 Å². The fourth-order valence-corrected chi connectivity index (χ4v) is 4.04. The number of hydrogen-bond donors (Lipinski definition) is 2. The second kappa shape index (κ2) is 8.67. The van der Waals surface area contributed by atoms with Gasteiger partial charge in [0.25, 0.3) is 5.91 Å². The highest BCUT2D eigenvalue weighted by molar-refractivity contribution is 6.09. The summed E-state index contributed by atoms with van der Waals surface area (Å²) in [4.78, 5) is 39.6. The lowest BCUT2D eigenvalue weighted by Crippen LogP contribution is -2.42. The Kier molecular flexibility index (Phi) is 5.79. The molecule has 0 aliphatic carbocycles. The number of anilines is 1. The van der Waals surface area contributed by atoms with Gasteiger partial charge in [0.1, 0.15) is 6.04 Å². The molecule has 162 valence electrons. The number of methoxy groups -OCH3 is 2. The van der Waals surface area contributed by atoms with Crippen LogP contribution in [0.1, 0.15) is 34.3 Å². The fourth-order valence-electron chi connectivity index (χ4n) is 4.04. The highest BCUT2D eigenvalue weighted by Crippen LogP contribution is 2.33. The molecule has 3 amide bonds. The van der Waals surface area contributed by atoms with E-state index in [1.807, 2.05) is 12.1 Å². The molecule has 31 heavy (non-hydrogen) atoms. The number of carbonyl (C=O) groups excluding carboxylic acids is 3. The first-order chi connectivity index (χ1) is 15.0. The number of ether oxygens (including phenoxy) is 2. The Morgan fingerprint density at radius 1 is 1.10 bits per heavy atom. The summed E-state index contributed by atoms with van der Waals surface area (Å²) in [7, 11) is 3.18. The summed E-state index contributed by atoms with van der Waals surface area (Å²) in [6.07, 6.45) is 1.12. The first kappa shape index (κ1) is 20.7. The zero-order chi connectivity index (χ0) is 22.0. The van der Waals surface area contributed by atoms with Gasteiger partial charge >= 0.3 is 0 Å². The summed E-state index contributed by atoms with van der Waals surface area (Å²) >= 11 is 0. The highest BCUT2D eigenvalue weighted by Gasteiger charge is 2.29. The van der Waals surface area contributed by atoms with E-state index in [1.54, 1.807) is 43.4 Å². The van der Waals surface area contributed by atoms with Crippen LogP contribution in [0.25, 0.3) is 0 Å². The maximum Gasteiger partial charge on any atom is 0.254 e. The number of rotatable bonds is 5. The Labute approximate surface area is 180 Å². The van der Waals surface area contributed by atoms with Gasteiger partial charge in [-0.3, -0.25) is 14.4 Å². The Morgan fingerprint density at radius 3 is 2.55 bits per heavy atom. The standard InChI is InChI=1S/C23H25N3O5/c1-30-19-11-14-9-10-26(13-15(14)12-20(19)31-2)21(27)8-7-18-23(29)24-17-6-4-3-5-16(17)22(28)25-18/h3-6,11-12,18H,7-10,13H2,1-2H3,(H,24,29)(H,25,28)/t18-/m0/s1. The van der Waals surface area contributed by atoms with Crippen LogP contribution in [0.2, 0.25) is 0 Å². The predicted molar refractivity (Wildman–Crippen MR) is 114 cm³/mol. The molecule has 8 heteroatoms. The van der Waals surface area contributed by atoms with Crippen molar-refractivity contribution < 1.29 is 23.9 Å². The third-order valence-electron chi connectivity index (χ3n) is 5.77. The summed E-state index contributed by atoms with van der Waals surface area (Å²) in [6, 6.07) is 9.96. The SMILES string of the molecule is COc1cc2c(cc1OC)CN(C(=O)CC[C@@H]1NC(=O)c3ccccc3NC1=O)CC2. The molecule has 0 radical (unpaired) electrons. The third kappa shape index (κ3) is 4.19. The highest BCUT2D eigenvalue weighted by atomic mass is 16.5. The van der Waals surface area contributed by atoms with Gasteiger partial charge in [-0.2, -0.15) is 0 Å². The molecular formula is C23H25N3O5. The molecule has 2 heterocycles. The van der Waals surface area contributed by atoms with E-state index in [9.17, 15) is 14.4 Å². The van der Waals surface area contributed by atoms with Crippen LogP contribution in [0, 0.1) is 0 Å². The Hall–Kier alpha value is -3.55. The van der Waals surface area contributed by atoms with Gasteiger partial charge in [-0.1, -0.05) is 12.1 Å². The van der Waals surface area contributed by atoms with E-state index in [4.69, 9.17) is 9.47 Å². The lowest BCUT2D eigenvalue weighted by Gasteiger charge is -2.30. The molecule has 8 nitrogen and oxygen atoms in total. The zero-order valence-electron chi connectivity index (χ0n) is 17.6. The van der Waals surface area contributed by atoms with Crippen molar-refractivity contribution in [2.24, 2.45) is 0 Å². The number of benzene rings is 2. The van der Waals surface area contributed by atoms with E-state index in [1.165, 1.54) is 0 Å². The molecule has 0 spiro atoms. The van der Waals surface area contributed by atoms with Crippen LogP contribution in [0.5, 0.6) is 11.5 Å². The normalized spacial score (nSPS) is 17.6. The van der Waals surface area contributed by atoms with Gasteiger partial charge in [0.05, 0.1) is 25.5 Å². The molecule has 0 saturated carbocycles. The third-order valence-corrected chi connectivity index (χ3v) is 5.77.